The number of hydrogen-bond donors (Lipinski definition) is 1. The molecule has 2 aliphatic rings. The van der Waals surface area contributed by atoms with Crippen molar-refractivity contribution in [2.45, 2.75) is 25.7 Å². The van der Waals surface area contributed by atoms with Crippen molar-refractivity contribution < 1.29 is 17.7 Å². The summed E-state index contributed by atoms with van der Waals surface area (Å²) in [6, 6.07) is 0. The normalized spacial score (nSPS) is 20.1. The number of allylic oxidation sites excluding steroid dienone is 4. The van der Waals surface area contributed by atoms with Crippen LogP contribution in [0.1, 0.15) is 25.7 Å². The molecule has 0 aromatic carbocycles. The fourth-order valence-corrected chi connectivity index (χ4v) is 2.29. The summed E-state index contributed by atoms with van der Waals surface area (Å²) in [7, 11) is -3.24. The molecule has 0 aromatic rings. The molecule has 0 saturated heterocycles. The summed E-state index contributed by atoms with van der Waals surface area (Å²) < 4.78 is 25.7. The fourth-order valence-electron chi connectivity index (χ4n) is 1.85. The van der Waals surface area contributed by atoms with E-state index in [1.165, 1.54) is 0 Å². The van der Waals surface area contributed by atoms with E-state index in [1.807, 2.05) is 0 Å². The van der Waals surface area contributed by atoms with Crippen LogP contribution in [0.5, 0.6) is 0 Å². The number of aliphatic hydroxyl groups excluding tert-OH is 1. The second-order valence-corrected chi connectivity index (χ2v) is 6.43. The molecule has 2 aliphatic carbocycles. The van der Waals surface area contributed by atoms with Crippen LogP contribution >= 0.6 is 0 Å². The van der Waals surface area contributed by atoms with Crippen molar-refractivity contribution in [3.63, 3.8) is 0 Å². The van der Waals surface area contributed by atoms with E-state index in [1.54, 1.807) is 0 Å². The Hall–Kier alpha value is -0.650. The summed E-state index contributed by atoms with van der Waals surface area (Å²) in [6.07, 6.45) is 13.5. The van der Waals surface area contributed by atoms with Crippen LogP contribution < -0.4 is 0 Å². The van der Waals surface area contributed by atoms with Crippen molar-refractivity contribution in [1.82, 2.24) is 0 Å². The SMILES string of the molecule is CS(=O)(=O)OCC1CC=CC1.OCC1CC=CC1. The molecular formula is C13H22O4S. The second kappa shape index (κ2) is 7.71. The van der Waals surface area contributed by atoms with Gasteiger partial charge in [0.25, 0.3) is 10.1 Å². The van der Waals surface area contributed by atoms with Crippen LogP contribution in [0.15, 0.2) is 24.3 Å². The predicted molar refractivity (Wildman–Crippen MR) is 71.6 cm³/mol. The van der Waals surface area contributed by atoms with Gasteiger partial charge in [0, 0.05) is 6.61 Å². The molecule has 1 N–H and O–H groups in total. The standard InChI is InChI=1S/C7H12O3S.C6H10O/c1-11(8,9)10-6-7-4-2-3-5-7;7-5-6-3-1-2-4-6/h2-3,7H,4-6H2,1H3;1-2,6-7H,3-5H2. The molecule has 0 saturated carbocycles. The third kappa shape index (κ3) is 6.93. The zero-order valence-corrected chi connectivity index (χ0v) is 11.6. The Kier molecular flexibility index (Phi) is 6.60. The molecule has 104 valence electrons. The topological polar surface area (TPSA) is 63.6 Å². The van der Waals surface area contributed by atoms with E-state index in [2.05, 4.69) is 28.5 Å². The molecule has 4 nitrogen and oxygen atoms in total. The van der Waals surface area contributed by atoms with Crippen molar-refractivity contribution in [2.75, 3.05) is 19.5 Å². The highest BCUT2D eigenvalue weighted by molar-refractivity contribution is 7.85. The van der Waals surface area contributed by atoms with Crippen molar-refractivity contribution >= 4 is 10.1 Å². The molecule has 0 heterocycles. The molecule has 0 radical (unpaired) electrons. The van der Waals surface area contributed by atoms with E-state index in [0.29, 0.717) is 25.0 Å². The molecule has 18 heavy (non-hydrogen) atoms. The van der Waals surface area contributed by atoms with Gasteiger partial charge in [-0.25, -0.2) is 0 Å². The summed E-state index contributed by atoms with van der Waals surface area (Å²) in [6.45, 7) is 0.679. The number of aliphatic hydroxyl groups is 1. The lowest BCUT2D eigenvalue weighted by Crippen LogP contribution is -2.10. The van der Waals surface area contributed by atoms with Crippen molar-refractivity contribution in [3.05, 3.63) is 24.3 Å². The molecule has 0 spiro atoms. The monoisotopic (exact) mass is 274 g/mol. The largest absolute Gasteiger partial charge is 0.396 e. The maximum Gasteiger partial charge on any atom is 0.264 e. The average molecular weight is 274 g/mol. The molecule has 0 aromatic heterocycles. The Morgan fingerprint density at radius 2 is 1.50 bits per heavy atom. The van der Waals surface area contributed by atoms with Crippen molar-refractivity contribution in [1.29, 1.82) is 0 Å². The van der Waals surface area contributed by atoms with Crippen molar-refractivity contribution in [3.8, 4) is 0 Å². The average Bonchev–Trinajstić information content (AvgIpc) is 2.99. The summed E-state index contributed by atoms with van der Waals surface area (Å²) in [5.41, 5.74) is 0. The van der Waals surface area contributed by atoms with Gasteiger partial charge in [-0.15, -0.1) is 0 Å². The van der Waals surface area contributed by atoms with E-state index in [-0.39, 0.29) is 0 Å². The summed E-state index contributed by atoms with van der Waals surface area (Å²) >= 11 is 0. The molecule has 5 heteroatoms. The Labute approximate surface area is 109 Å². The van der Waals surface area contributed by atoms with E-state index in [4.69, 9.17) is 5.11 Å². The Morgan fingerprint density at radius 3 is 1.83 bits per heavy atom. The maximum atomic E-state index is 10.5. The van der Waals surface area contributed by atoms with Crippen LogP contribution in [0.3, 0.4) is 0 Å². The van der Waals surface area contributed by atoms with Crippen LogP contribution in [0.2, 0.25) is 0 Å². The first kappa shape index (κ1) is 15.4. The minimum Gasteiger partial charge on any atom is -0.396 e. The van der Waals surface area contributed by atoms with Gasteiger partial charge in [0.2, 0.25) is 0 Å². The third-order valence-electron chi connectivity index (χ3n) is 2.99. The molecule has 0 atom stereocenters. The van der Waals surface area contributed by atoms with Gasteiger partial charge in [-0.1, -0.05) is 24.3 Å². The van der Waals surface area contributed by atoms with Gasteiger partial charge < -0.3 is 5.11 Å². The third-order valence-corrected chi connectivity index (χ3v) is 3.55. The second-order valence-electron chi connectivity index (χ2n) is 4.79. The minimum absolute atomic E-state index is 0.325. The molecule has 0 fully saturated rings. The quantitative estimate of drug-likeness (QED) is 0.628. The van der Waals surface area contributed by atoms with Crippen LogP contribution in [-0.2, 0) is 14.3 Å². The van der Waals surface area contributed by atoms with E-state index >= 15 is 0 Å². The van der Waals surface area contributed by atoms with Gasteiger partial charge in [0.05, 0.1) is 12.9 Å². The molecule has 2 rings (SSSR count). The summed E-state index contributed by atoms with van der Waals surface area (Å²) in [4.78, 5) is 0. The highest BCUT2D eigenvalue weighted by Gasteiger charge is 2.12. The van der Waals surface area contributed by atoms with Crippen LogP contribution in [-0.4, -0.2) is 33.0 Å². The minimum atomic E-state index is -3.24. The van der Waals surface area contributed by atoms with Gasteiger partial charge in [0.15, 0.2) is 0 Å². The first-order chi connectivity index (χ1) is 8.51. The number of hydrogen-bond acceptors (Lipinski definition) is 4. The van der Waals surface area contributed by atoms with Crippen molar-refractivity contribution in [2.24, 2.45) is 11.8 Å². The maximum absolute atomic E-state index is 10.5. The zero-order chi connectivity index (χ0) is 13.4. The predicted octanol–water partition coefficient (Wildman–Crippen LogP) is 1.87. The van der Waals surface area contributed by atoms with Gasteiger partial charge in [-0.3, -0.25) is 4.18 Å². The summed E-state index contributed by atoms with van der Waals surface area (Å²) in [5.74, 6) is 0.907. The highest BCUT2D eigenvalue weighted by atomic mass is 32.2. The van der Waals surface area contributed by atoms with Crippen LogP contribution in [0.25, 0.3) is 0 Å². The smallest absolute Gasteiger partial charge is 0.264 e. The Bertz CT molecular complexity index is 368. The van der Waals surface area contributed by atoms with Gasteiger partial charge in [-0.05, 0) is 37.5 Å². The number of rotatable bonds is 4. The lowest BCUT2D eigenvalue weighted by Gasteiger charge is -2.06. The van der Waals surface area contributed by atoms with E-state index in [0.717, 1.165) is 31.9 Å². The molecule has 0 aliphatic heterocycles. The van der Waals surface area contributed by atoms with Crippen LogP contribution in [0.4, 0.5) is 0 Å². The molecule has 0 amide bonds. The molecule has 0 unspecified atom stereocenters. The molecular weight excluding hydrogens is 252 g/mol. The van der Waals surface area contributed by atoms with E-state index < -0.39 is 10.1 Å². The summed E-state index contributed by atoms with van der Waals surface area (Å²) in [5, 5.41) is 8.53. The first-order valence-corrected chi connectivity index (χ1v) is 8.08. The Morgan fingerprint density at radius 1 is 1.06 bits per heavy atom. The lowest BCUT2D eigenvalue weighted by atomic mass is 10.1. The fraction of sp³-hybridized carbons (Fsp3) is 0.692. The van der Waals surface area contributed by atoms with Crippen LogP contribution in [0, 0.1) is 11.8 Å². The first-order valence-electron chi connectivity index (χ1n) is 6.26. The van der Waals surface area contributed by atoms with Gasteiger partial charge in [0.1, 0.15) is 0 Å². The highest BCUT2D eigenvalue weighted by Crippen LogP contribution is 2.18. The van der Waals surface area contributed by atoms with E-state index in [9.17, 15) is 8.42 Å². The van der Waals surface area contributed by atoms with Gasteiger partial charge >= 0.3 is 0 Å². The molecule has 0 bridgehead atoms. The Balaban J connectivity index is 0.000000199. The lowest BCUT2D eigenvalue weighted by molar-refractivity contribution is 0.234. The zero-order valence-electron chi connectivity index (χ0n) is 10.8. The van der Waals surface area contributed by atoms with Gasteiger partial charge in [-0.2, -0.15) is 8.42 Å².